The molecule has 1 fully saturated rings. The van der Waals surface area contributed by atoms with Crippen LogP contribution in [-0.2, 0) is 0 Å². The highest BCUT2D eigenvalue weighted by Gasteiger charge is 2.23. The summed E-state index contributed by atoms with van der Waals surface area (Å²) in [4.78, 5) is 0. The summed E-state index contributed by atoms with van der Waals surface area (Å²) in [5.74, 6) is 1.51. The van der Waals surface area contributed by atoms with Crippen LogP contribution in [0.3, 0.4) is 0 Å². The van der Waals surface area contributed by atoms with Crippen molar-refractivity contribution in [3.05, 3.63) is 29.8 Å². The van der Waals surface area contributed by atoms with Crippen LogP contribution >= 0.6 is 0 Å². The van der Waals surface area contributed by atoms with E-state index in [1.54, 1.807) is 0 Å². The summed E-state index contributed by atoms with van der Waals surface area (Å²) in [6.45, 7) is 4.28. The van der Waals surface area contributed by atoms with Crippen LogP contribution in [0.4, 0.5) is 0 Å². The van der Waals surface area contributed by atoms with E-state index in [-0.39, 0.29) is 6.04 Å². The molecule has 1 aliphatic carbocycles. The van der Waals surface area contributed by atoms with E-state index in [4.69, 9.17) is 10.5 Å². The molecule has 2 atom stereocenters. The molecular weight excluding hydrogens is 198 g/mol. The van der Waals surface area contributed by atoms with Crippen molar-refractivity contribution in [1.29, 1.82) is 0 Å². The van der Waals surface area contributed by atoms with E-state index in [2.05, 4.69) is 32.0 Å². The van der Waals surface area contributed by atoms with Crippen LogP contribution in [0.5, 0.6) is 5.75 Å². The fourth-order valence-electron chi connectivity index (χ4n) is 1.97. The summed E-state index contributed by atoms with van der Waals surface area (Å²) < 4.78 is 5.79. The standard InChI is InChI=1S/C14H21NO/c1-10(8-11(2)15)12-4-3-5-14(9-12)16-13-6-7-13/h3-5,9-11,13H,6-8,15H2,1-2H3. The van der Waals surface area contributed by atoms with Crippen LogP contribution in [0.25, 0.3) is 0 Å². The normalized spacial score (nSPS) is 19.2. The third-order valence-electron chi connectivity index (χ3n) is 2.98. The van der Waals surface area contributed by atoms with Gasteiger partial charge in [0.05, 0.1) is 6.10 Å². The first kappa shape index (κ1) is 11.5. The van der Waals surface area contributed by atoms with Crippen molar-refractivity contribution >= 4 is 0 Å². The molecule has 0 aromatic heterocycles. The molecule has 0 spiro atoms. The van der Waals surface area contributed by atoms with Crippen molar-refractivity contribution in [3.63, 3.8) is 0 Å². The molecule has 16 heavy (non-hydrogen) atoms. The average Bonchev–Trinajstić information content (AvgIpc) is 3.01. The molecule has 0 aliphatic heterocycles. The number of rotatable bonds is 5. The summed E-state index contributed by atoms with van der Waals surface area (Å²) in [6, 6.07) is 8.69. The Balaban J connectivity index is 2.02. The first-order chi connectivity index (χ1) is 7.65. The largest absolute Gasteiger partial charge is 0.490 e. The second-order valence-electron chi connectivity index (χ2n) is 5.00. The van der Waals surface area contributed by atoms with Crippen LogP contribution in [0.1, 0.15) is 44.6 Å². The SMILES string of the molecule is CC(N)CC(C)c1cccc(OC2CC2)c1. The summed E-state index contributed by atoms with van der Waals surface area (Å²) in [5.41, 5.74) is 7.16. The van der Waals surface area contributed by atoms with E-state index in [9.17, 15) is 0 Å². The molecule has 2 nitrogen and oxygen atoms in total. The quantitative estimate of drug-likeness (QED) is 0.826. The van der Waals surface area contributed by atoms with Crippen LogP contribution in [0.2, 0.25) is 0 Å². The third-order valence-corrected chi connectivity index (χ3v) is 2.98. The van der Waals surface area contributed by atoms with Gasteiger partial charge in [-0.05, 0) is 49.8 Å². The Labute approximate surface area is 97.8 Å². The van der Waals surface area contributed by atoms with Crippen LogP contribution in [0.15, 0.2) is 24.3 Å². The lowest BCUT2D eigenvalue weighted by atomic mass is 9.95. The fraction of sp³-hybridized carbons (Fsp3) is 0.571. The zero-order valence-electron chi connectivity index (χ0n) is 10.1. The number of benzene rings is 1. The number of ether oxygens (including phenoxy) is 1. The smallest absolute Gasteiger partial charge is 0.119 e. The Morgan fingerprint density at radius 3 is 2.75 bits per heavy atom. The summed E-state index contributed by atoms with van der Waals surface area (Å²) >= 11 is 0. The molecular formula is C14H21NO. The van der Waals surface area contributed by atoms with Crippen molar-refractivity contribution in [2.24, 2.45) is 5.73 Å². The van der Waals surface area contributed by atoms with E-state index in [0.717, 1.165) is 12.2 Å². The maximum atomic E-state index is 5.83. The molecule has 2 rings (SSSR count). The van der Waals surface area contributed by atoms with Gasteiger partial charge in [0.1, 0.15) is 5.75 Å². The molecule has 0 heterocycles. The zero-order chi connectivity index (χ0) is 11.5. The Kier molecular flexibility index (Phi) is 3.49. The van der Waals surface area contributed by atoms with Gasteiger partial charge in [-0.1, -0.05) is 19.1 Å². The van der Waals surface area contributed by atoms with Gasteiger partial charge in [-0.25, -0.2) is 0 Å². The minimum Gasteiger partial charge on any atom is -0.490 e. The fourth-order valence-corrected chi connectivity index (χ4v) is 1.97. The topological polar surface area (TPSA) is 35.2 Å². The molecule has 1 saturated carbocycles. The summed E-state index contributed by atoms with van der Waals surface area (Å²) in [7, 11) is 0. The zero-order valence-corrected chi connectivity index (χ0v) is 10.1. The lowest BCUT2D eigenvalue weighted by Gasteiger charge is -2.15. The molecule has 0 radical (unpaired) electrons. The molecule has 0 saturated heterocycles. The molecule has 2 heteroatoms. The molecule has 1 aromatic carbocycles. The Morgan fingerprint density at radius 1 is 1.38 bits per heavy atom. The molecule has 2 unspecified atom stereocenters. The molecule has 1 aliphatic rings. The van der Waals surface area contributed by atoms with Crippen LogP contribution in [0, 0.1) is 0 Å². The van der Waals surface area contributed by atoms with E-state index in [1.165, 1.54) is 18.4 Å². The van der Waals surface area contributed by atoms with E-state index >= 15 is 0 Å². The van der Waals surface area contributed by atoms with Crippen molar-refractivity contribution in [2.45, 2.75) is 51.2 Å². The van der Waals surface area contributed by atoms with Gasteiger partial charge in [-0.15, -0.1) is 0 Å². The van der Waals surface area contributed by atoms with Gasteiger partial charge in [0.25, 0.3) is 0 Å². The highest BCUT2D eigenvalue weighted by Crippen LogP contribution is 2.29. The van der Waals surface area contributed by atoms with Gasteiger partial charge in [0, 0.05) is 6.04 Å². The minimum atomic E-state index is 0.253. The predicted octanol–water partition coefficient (Wildman–Crippen LogP) is 3.07. The van der Waals surface area contributed by atoms with Crippen molar-refractivity contribution in [1.82, 2.24) is 0 Å². The molecule has 88 valence electrons. The summed E-state index contributed by atoms with van der Waals surface area (Å²) in [6.07, 6.45) is 3.91. The van der Waals surface area contributed by atoms with Crippen molar-refractivity contribution in [2.75, 3.05) is 0 Å². The highest BCUT2D eigenvalue weighted by molar-refractivity contribution is 5.31. The highest BCUT2D eigenvalue weighted by atomic mass is 16.5. The Morgan fingerprint density at radius 2 is 2.12 bits per heavy atom. The van der Waals surface area contributed by atoms with Crippen LogP contribution < -0.4 is 10.5 Å². The number of hydrogen-bond donors (Lipinski definition) is 1. The van der Waals surface area contributed by atoms with Gasteiger partial charge in [-0.3, -0.25) is 0 Å². The first-order valence-corrected chi connectivity index (χ1v) is 6.17. The van der Waals surface area contributed by atoms with Gasteiger partial charge < -0.3 is 10.5 Å². The van der Waals surface area contributed by atoms with E-state index < -0.39 is 0 Å². The average molecular weight is 219 g/mol. The lowest BCUT2D eigenvalue weighted by molar-refractivity contribution is 0.302. The summed E-state index contributed by atoms with van der Waals surface area (Å²) in [5, 5.41) is 0. The van der Waals surface area contributed by atoms with Gasteiger partial charge in [0.15, 0.2) is 0 Å². The second-order valence-corrected chi connectivity index (χ2v) is 5.00. The second kappa shape index (κ2) is 4.88. The maximum Gasteiger partial charge on any atom is 0.119 e. The molecule has 2 N–H and O–H groups in total. The van der Waals surface area contributed by atoms with Crippen molar-refractivity contribution in [3.8, 4) is 5.75 Å². The molecule has 1 aromatic rings. The Hall–Kier alpha value is -1.02. The van der Waals surface area contributed by atoms with Gasteiger partial charge in [-0.2, -0.15) is 0 Å². The van der Waals surface area contributed by atoms with E-state index in [1.807, 2.05) is 6.07 Å². The predicted molar refractivity (Wildman–Crippen MR) is 66.8 cm³/mol. The molecule has 0 amide bonds. The van der Waals surface area contributed by atoms with Crippen molar-refractivity contribution < 1.29 is 4.74 Å². The number of nitrogens with two attached hydrogens (primary N) is 1. The number of hydrogen-bond acceptors (Lipinski definition) is 2. The third kappa shape index (κ3) is 3.24. The maximum absolute atomic E-state index is 5.83. The van der Waals surface area contributed by atoms with Gasteiger partial charge in [0.2, 0.25) is 0 Å². The first-order valence-electron chi connectivity index (χ1n) is 6.17. The Bertz CT molecular complexity index is 344. The van der Waals surface area contributed by atoms with Crippen LogP contribution in [-0.4, -0.2) is 12.1 Å². The minimum absolute atomic E-state index is 0.253. The molecule has 0 bridgehead atoms. The van der Waals surface area contributed by atoms with Gasteiger partial charge >= 0.3 is 0 Å². The lowest BCUT2D eigenvalue weighted by Crippen LogP contribution is -2.17. The van der Waals surface area contributed by atoms with E-state index in [0.29, 0.717) is 12.0 Å². The monoisotopic (exact) mass is 219 g/mol.